The number of thiazole rings is 1. The van der Waals surface area contributed by atoms with Gasteiger partial charge in [-0.15, -0.1) is 11.3 Å². The topological polar surface area (TPSA) is 179 Å². The lowest BCUT2D eigenvalue weighted by atomic mass is 9.86. The van der Waals surface area contributed by atoms with Crippen molar-refractivity contribution in [1.29, 1.82) is 0 Å². The second-order valence-corrected chi connectivity index (χ2v) is 20.2. The van der Waals surface area contributed by atoms with E-state index in [9.17, 15) is 22.8 Å². The third-order valence-corrected chi connectivity index (χ3v) is 13.6. The van der Waals surface area contributed by atoms with E-state index in [1.807, 2.05) is 45.9 Å². The van der Waals surface area contributed by atoms with Crippen LogP contribution in [0.25, 0.3) is 21.6 Å². The molecule has 15 heteroatoms. The van der Waals surface area contributed by atoms with E-state index in [0.717, 1.165) is 65.8 Å². The van der Waals surface area contributed by atoms with Crippen LogP contribution in [-0.4, -0.2) is 83.1 Å². The Hall–Kier alpha value is -3.82. The van der Waals surface area contributed by atoms with E-state index in [4.69, 9.17) is 20.4 Å². The van der Waals surface area contributed by atoms with Crippen LogP contribution in [-0.2, 0) is 30.8 Å². The number of benzene rings is 1. The number of fused-ring (bicyclic) bond motifs is 1. The Morgan fingerprint density at radius 2 is 1.77 bits per heavy atom. The molecule has 13 nitrogen and oxygen atoms in total. The lowest BCUT2D eigenvalue weighted by Crippen LogP contribution is -2.54. The Morgan fingerprint density at radius 1 is 1.05 bits per heavy atom. The molecule has 2 fully saturated rings. The first-order valence-corrected chi connectivity index (χ1v) is 23.0. The lowest BCUT2D eigenvalue weighted by molar-refractivity contribution is -0.141. The van der Waals surface area contributed by atoms with Crippen LogP contribution in [0.2, 0.25) is 0 Å². The SMILES string of the molecule is CCC1CC1C(=O)NS(=O)(=O)CCCCC=CCCc1sc(-c2cccc3c2nc(OC2CC(C(=O)NC)N(C(=O)C(N)C(C)(C)C)C2)n3C(C)C)nc1C(C)C. The molecule has 0 radical (unpaired) electrons. The standard InChI is InChI=1S/C42H63N7O6S2/c1-10-27-22-30(27)37(50)47-57(53,54)21-16-14-12-11-13-15-20-33-34(25(2)3)45-39(56-33)29-18-17-19-31-35(29)46-41(49(31)26(4)5)55-28-23-32(38(51)44-9)48(24-28)40(52)36(43)42(6,7)8/h11,13,17-19,25-28,30,32,36H,10,12,14-16,20-24,43H2,1-9H3,(H,44,51)(H,47,50). The molecule has 2 aliphatic rings. The molecule has 2 aromatic heterocycles. The fraction of sp³-hybridized carbons (Fsp3) is 0.643. The maximum Gasteiger partial charge on any atom is 0.297 e. The van der Waals surface area contributed by atoms with Crippen molar-refractivity contribution in [3.8, 4) is 16.6 Å². The van der Waals surface area contributed by atoms with Gasteiger partial charge in [0.05, 0.1) is 29.6 Å². The highest BCUT2D eigenvalue weighted by Crippen LogP contribution is 2.41. The molecule has 1 saturated heterocycles. The number of imidazole rings is 1. The summed E-state index contributed by atoms with van der Waals surface area (Å²) in [4.78, 5) is 51.7. The van der Waals surface area contributed by atoms with E-state index in [1.165, 1.54) is 4.88 Å². The Morgan fingerprint density at radius 3 is 2.40 bits per heavy atom. The number of allylic oxidation sites excluding steroid dienone is 2. The first-order chi connectivity index (χ1) is 26.9. The molecule has 1 aliphatic carbocycles. The third-order valence-electron chi connectivity index (χ3n) is 11.1. The molecule has 0 spiro atoms. The highest BCUT2D eigenvalue weighted by molar-refractivity contribution is 7.90. The third kappa shape index (κ3) is 10.6. The number of ether oxygens (including phenoxy) is 1. The number of amides is 3. The number of aromatic nitrogens is 3. The molecule has 0 bridgehead atoms. The van der Waals surface area contributed by atoms with Gasteiger partial charge < -0.3 is 20.7 Å². The average molecular weight is 826 g/mol. The van der Waals surface area contributed by atoms with Crippen LogP contribution >= 0.6 is 11.3 Å². The minimum atomic E-state index is -3.60. The summed E-state index contributed by atoms with van der Waals surface area (Å²) < 4.78 is 35.6. The van der Waals surface area contributed by atoms with Crippen molar-refractivity contribution < 1.29 is 27.5 Å². The van der Waals surface area contributed by atoms with Crippen LogP contribution in [0, 0.1) is 17.3 Å². The zero-order valence-corrected chi connectivity index (χ0v) is 36.8. The number of hydrogen-bond donors (Lipinski definition) is 3. The number of nitrogens with zero attached hydrogens (tertiary/aromatic N) is 4. The smallest absolute Gasteiger partial charge is 0.297 e. The van der Waals surface area contributed by atoms with Gasteiger partial charge in [0.15, 0.2) is 0 Å². The molecule has 3 aromatic rings. The van der Waals surface area contributed by atoms with Gasteiger partial charge in [-0.1, -0.05) is 66.2 Å². The number of likely N-dealkylation sites (tertiary alicyclic amines) is 1. The molecule has 3 amide bonds. The summed E-state index contributed by atoms with van der Waals surface area (Å²) >= 11 is 1.68. The zero-order valence-electron chi connectivity index (χ0n) is 35.1. The zero-order chi connectivity index (χ0) is 41.8. The van der Waals surface area contributed by atoms with Gasteiger partial charge in [-0.2, -0.15) is 4.98 Å². The van der Waals surface area contributed by atoms with E-state index in [1.54, 1.807) is 23.3 Å². The molecule has 57 heavy (non-hydrogen) atoms. The summed E-state index contributed by atoms with van der Waals surface area (Å²) in [6, 6.07) is 5.06. The second-order valence-electron chi connectivity index (χ2n) is 17.3. The maximum absolute atomic E-state index is 13.5. The van der Waals surface area contributed by atoms with Gasteiger partial charge in [0.1, 0.15) is 22.7 Å². The molecule has 314 valence electrons. The monoisotopic (exact) mass is 825 g/mol. The van der Waals surface area contributed by atoms with E-state index < -0.39 is 33.6 Å². The summed E-state index contributed by atoms with van der Waals surface area (Å²) in [6.07, 6.45) is 9.45. The van der Waals surface area contributed by atoms with Crippen LogP contribution in [0.1, 0.15) is 123 Å². The normalized spacial score (nSPS) is 20.5. The number of likely N-dealkylation sites (N-methyl/N-ethyl adjacent to an activating group) is 1. The first kappa shape index (κ1) is 44.3. The molecule has 1 aromatic carbocycles. The van der Waals surface area contributed by atoms with Crippen molar-refractivity contribution >= 4 is 50.1 Å². The van der Waals surface area contributed by atoms with E-state index >= 15 is 0 Å². The fourth-order valence-electron chi connectivity index (χ4n) is 7.50. The van der Waals surface area contributed by atoms with Crippen molar-refractivity contribution in [3.05, 3.63) is 40.9 Å². The molecule has 4 N–H and O–H groups in total. The molecular weight excluding hydrogens is 763 g/mol. The molecule has 5 rings (SSSR count). The predicted molar refractivity (Wildman–Crippen MR) is 226 cm³/mol. The molecular formula is C42H63N7O6S2. The Bertz CT molecular complexity index is 2050. The number of carbonyl (C=O) groups excluding carboxylic acids is 3. The summed E-state index contributed by atoms with van der Waals surface area (Å²) in [5.41, 5.74) is 9.57. The highest BCUT2D eigenvalue weighted by Gasteiger charge is 2.45. The summed E-state index contributed by atoms with van der Waals surface area (Å²) in [5.74, 6) is -0.531. The predicted octanol–water partition coefficient (Wildman–Crippen LogP) is 6.48. The second kappa shape index (κ2) is 18.4. The van der Waals surface area contributed by atoms with Gasteiger partial charge >= 0.3 is 0 Å². The van der Waals surface area contributed by atoms with Crippen LogP contribution in [0.5, 0.6) is 6.01 Å². The van der Waals surface area contributed by atoms with E-state index in [0.29, 0.717) is 24.8 Å². The van der Waals surface area contributed by atoms with E-state index in [2.05, 4.69) is 54.5 Å². The number of hydrogen-bond acceptors (Lipinski definition) is 10. The fourth-order valence-corrected chi connectivity index (χ4v) is 9.91. The minimum Gasteiger partial charge on any atom is -0.459 e. The number of unbranched alkanes of at least 4 members (excludes halogenated alkanes) is 2. The van der Waals surface area contributed by atoms with Crippen LogP contribution in [0.15, 0.2) is 30.4 Å². The van der Waals surface area contributed by atoms with Gasteiger partial charge in [-0.05, 0) is 81.8 Å². The van der Waals surface area contributed by atoms with E-state index in [-0.39, 0.29) is 47.9 Å². The average Bonchev–Trinajstić information content (AvgIpc) is 3.42. The Balaban J connectivity index is 1.26. The number of nitrogens with two attached hydrogens (primary N) is 1. The summed E-state index contributed by atoms with van der Waals surface area (Å²) in [7, 11) is -2.03. The summed E-state index contributed by atoms with van der Waals surface area (Å²) in [6.45, 7) is 16.4. The quantitative estimate of drug-likeness (QED) is 0.0956. The number of rotatable bonds is 18. The van der Waals surface area contributed by atoms with Gasteiger partial charge in [-0.3, -0.25) is 23.7 Å². The molecule has 1 aliphatic heterocycles. The molecule has 5 atom stereocenters. The number of nitrogens with one attached hydrogen (secondary N) is 2. The van der Waals surface area contributed by atoms with Gasteiger partial charge in [0.2, 0.25) is 27.7 Å². The highest BCUT2D eigenvalue weighted by atomic mass is 32.2. The number of para-hydroxylation sites is 1. The number of sulfonamides is 1. The first-order valence-electron chi connectivity index (χ1n) is 20.5. The van der Waals surface area contributed by atoms with Crippen molar-refractivity contribution in [2.24, 2.45) is 23.0 Å². The lowest BCUT2D eigenvalue weighted by Gasteiger charge is -2.32. The van der Waals surface area contributed by atoms with Crippen molar-refractivity contribution in [1.82, 2.24) is 29.5 Å². The minimum absolute atomic E-state index is 0.0135. The Labute approximate surface area is 342 Å². The Kier molecular flexibility index (Phi) is 14.3. The van der Waals surface area contributed by atoms with Gasteiger partial charge in [0, 0.05) is 35.9 Å². The molecule has 1 saturated carbocycles. The largest absolute Gasteiger partial charge is 0.459 e. The van der Waals surface area contributed by atoms with Crippen molar-refractivity contribution in [2.75, 3.05) is 19.3 Å². The number of aryl methyl sites for hydroxylation is 1. The van der Waals surface area contributed by atoms with Crippen molar-refractivity contribution in [3.63, 3.8) is 0 Å². The van der Waals surface area contributed by atoms with Crippen LogP contribution < -0.4 is 20.5 Å². The number of carbonyl (C=O) groups is 3. The molecule has 3 heterocycles. The van der Waals surface area contributed by atoms with Crippen LogP contribution in [0.4, 0.5) is 0 Å². The summed E-state index contributed by atoms with van der Waals surface area (Å²) in [5, 5.41) is 3.58. The maximum atomic E-state index is 13.5. The van der Waals surface area contributed by atoms with Gasteiger partial charge in [0.25, 0.3) is 6.01 Å². The van der Waals surface area contributed by atoms with Crippen molar-refractivity contribution in [2.45, 2.75) is 137 Å². The van der Waals surface area contributed by atoms with Gasteiger partial charge in [-0.25, -0.2) is 13.4 Å². The molecule has 5 unspecified atom stereocenters. The van der Waals surface area contributed by atoms with Crippen LogP contribution in [0.3, 0.4) is 0 Å².